The van der Waals surface area contributed by atoms with Gasteiger partial charge >= 0.3 is 5.56 Å². The number of hydrogen-bond donors (Lipinski definition) is 1. The summed E-state index contributed by atoms with van der Waals surface area (Å²) in [6, 6.07) is 21.0. The van der Waals surface area contributed by atoms with Gasteiger partial charge in [-0.2, -0.15) is 0 Å². The van der Waals surface area contributed by atoms with Crippen molar-refractivity contribution >= 4 is 45.4 Å². The molecule has 1 N–H and O–H groups in total. The Balaban J connectivity index is 1.57. The van der Waals surface area contributed by atoms with Crippen LogP contribution in [0.2, 0.25) is 0 Å². The van der Waals surface area contributed by atoms with E-state index < -0.39 is 0 Å². The van der Waals surface area contributed by atoms with Crippen LogP contribution in [0.25, 0.3) is 27.8 Å². The number of amides is 1. The molecule has 0 spiro atoms. The number of carbonyl (C=O) groups excluding carboxylic acids is 1. The van der Waals surface area contributed by atoms with Crippen LogP contribution in [-0.2, 0) is 4.79 Å². The Morgan fingerprint density at radius 2 is 1.76 bits per heavy atom. The molecule has 3 aromatic carbocycles. The molecule has 2 heterocycles. The van der Waals surface area contributed by atoms with Gasteiger partial charge in [-0.25, -0.2) is 4.98 Å². The standard InChI is InChI=1S/C27H23N3O3S/c1-16-12-13-17(2)20(14-16)28-23(31)15-34-27-29-24-19-9-5-7-11-22(19)33-25(24)26(32)30(27)21-10-6-4-8-18(21)3/h4-14H,15H2,1-3H3,(H,28,31). The van der Waals surface area contributed by atoms with E-state index in [1.807, 2.05) is 87.5 Å². The number of nitrogens with one attached hydrogen (secondary N) is 1. The third kappa shape index (κ3) is 3.99. The zero-order chi connectivity index (χ0) is 23.8. The van der Waals surface area contributed by atoms with Gasteiger partial charge in [0, 0.05) is 11.1 Å². The van der Waals surface area contributed by atoms with Gasteiger partial charge in [-0.1, -0.05) is 54.2 Å². The molecule has 34 heavy (non-hydrogen) atoms. The van der Waals surface area contributed by atoms with Crippen molar-refractivity contribution in [3.63, 3.8) is 0 Å². The first-order chi connectivity index (χ1) is 16.4. The first-order valence-electron chi connectivity index (χ1n) is 10.9. The van der Waals surface area contributed by atoms with Gasteiger partial charge in [-0.3, -0.25) is 14.2 Å². The van der Waals surface area contributed by atoms with Crippen LogP contribution in [0.3, 0.4) is 0 Å². The predicted octanol–water partition coefficient (Wildman–Crippen LogP) is 5.79. The van der Waals surface area contributed by atoms with Crippen LogP contribution >= 0.6 is 11.8 Å². The number of furan rings is 1. The average Bonchev–Trinajstić information content (AvgIpc) is 3.20. The summed E-state index contributed by atoms with van der Waals surface area (Å²) in [4.78, 5) is 31.2. The van der Waals surface area contributed by atoms with E-state index in [0.29, 0.717) is 21.9 Å². The van der Waals surface area contributed by atoms with Crippen molar-refractivity contribution < 1.29 is 9.21 Å². The molecule has 0 unspecified atom stereocenters. The molecule has 0 saturated heterocycles. The number of rotatable bonds is 5. The lowest BCUT2D eigenvalue weighted by atomic mass is 10.1. The first kappa shape index (κ1) is 22.0. The minimum Gasteiger partial charge on any atom is -0.448 e. The summed E-state index contributed by atoms with van der Waals surface area (Å²) >= 11 is 1.23. The maximum absolute atomic E-state index is 13.6. The highest BCUT2D eigenvalue weighted by molar-refractivity contribution is 7.99. The predicted molar refractivity (Wildman–Crippen MR) is 137 cm³/mol. The van der Waals surface area contributed by atoms with Crippen molar-refractivity contribution in [2.24, 2.45) is 0 Å². The number of aromatic nitrogens is 2. The molecular formula is C27H23N3O3S. The molecule has 0 saturated carbocycles. The molecule has 7 heteroatoms. The van der Waals surface area contributed by atoms with Crippen molar-refractivity contribution in [1.82, 2.24) is 9.55 Å². The molecule has 5 aromatic rings. The fourth-order valence-corrected chi connectivity index (χ4v) is 4.73. The summed E-state index contributed by atoms with van der Waals surface area (Å²) in [7, 11) is 0. The van der Waals surface area contributed by atoms with Crippen LogP contribution < -0.4 is 10.9 Å². The van der Waals surface area contributed by atoms with Crippen LogP contribution in [0.15, 0.2) is 81.1 Å². The number of anilines is 1. The second-order valence-electron chi connectivity index (χ2n) is 8.25. The molecule has 0 fully saturated rings. The zero-order valence-corrected chi connectivity index (χ0v) is 19.9. The van der Waals surface area contributed by atoms with E-state index in [0.717, 1.165) is 27.8 Å². The molecule has 0 aliphatic carbocycles. The van der Waals surface area contributed by atoms with E-state index in [1.165, 1.54) is 16.3 Å². The second kappa shape index (κ2) is 8.83. The van der Waals surface area contributed by atoms with Gasteiger partial charge in [-0.05, 0) is 61.7 Å². The molecule has 0 radical (unpaired) electrons. The Hall–Kier alpha value is -3.84. The maximum atomic E-state index is 13.6. The Bertz CT molecular complexity index is 1620. The lowest BCUT2D eigenvalue weighted by Gasteiger charge is -2.14. The van der Waals surface area contributed by atoms with Crippen LogP contribution in [-0.4, -0.2) is 21.2 Å². The molecule has 0 atom stereocenters. The van der Waals surface area contributed by atoms with Crippen LogP contribution in [0.5, 0.6) is 0 Å². The highest BCUT2D eigenvalue weighted by Crippen LogP contribution is 2.29. The van der Waals surface area contributed by atoms with Gasteiger partial charge in [0.15, 0.2) is 5.16 Å². The molecule has 5 rings (SSSR count). The van der Waals surface area contributed by atoms with E-state index in [9.17, 15) is 9.59 Å². The van der Waals surface area contributed by atoms with Crippen molar-refractivity contribution in [2.45, 2.75) is 25.9 Å². The fraction of sp³-hybridized carbons (Fsp3) is 0.148. The number of carbonyl (C=O) groups is 1. The highest BCUT2D eigenvalue weighted by atomic mass is 32.2. The van der Waals surface area contributed by atoms with Gasteiger partial charge in [-0.15, -0.1) is 0 Å². The van der Waals surface area contributed by atoms with Gasteiger partial charge in [0.2, 0.25) is 11.5 Å². The molecule has 170 valence electrons. The smallest absolute Gasteiger partial charge is 0.302 e. The quantitative estimate of drug-likeness (QED) is 0.260. The number of hydrogen-bond acceptors (Lipinski definition) is 5. The number of thioether (sulfide) groups is 1. The third-order valence-electron chi connectivity index (χ3n) is 5.72. The molecular weight excluding hydrogens is 446 g/mol. The zero-order valence-electron chi connectivity index (χ0n) is 19.1. The van der Waals surface area contributed by atoms with Crippen LogP contribution in [0.4, 0.5) is 5.69 Å². The summed E-state index contributed by atoms with van der Waals surface area (Å²) in [5, 5.41) is 4.19. The van der Waals surface area contributed by atoms with Crippen molar-refractivity contribution in [3.05, 3.63) is 93.8 Å². The van der Waals surface area contributed by atoms with Crippen LogP contribution in [0.1, 0.15) is 16.7 Å². The van der Waals surface area contributed by atoms with E-state index in [2.05, 4.69) is 5.32 Å². The Labute approximate surface area is 200 Å². The van der Waals surface area contributed by atoms with Gasteiger partial charge in [0.25, 0.3) is 0 Å². The largest absolute Gasteiger partial charge is 0.448 e. The number of fused-ring (bicyclic) bond motifs is 3. The molecule has 0 aliphatic rings. The topological polar surface area (TPSA) is 77.1 Å². The molecule has 0 bridgehead atoms. The minimum atomic E-state index is -0.298. The lowest BCUT2D eigenvalue weighted by Crippen LogP contribution is -2.23. The van der Waals surface area contributed by atoms with Crippen molar-refractivity contribution in [2.75, 3.05) is 11.1 Å². The number of nitrogens with zero attached hydrogens (tertiary/aromatic N) is 2. The first-order valence-corrected chi connectivity index (χ1v) is 11.9. The molecule has 0 aliphatic heterocycles. The maximum Gasteiger partial charge on any atom is 0.302 e. The van der Waals surface area contributed by atoms with E-state index in [4.69, 9.17) is 9.40 Å². The molecule has 2 aromatic heterocycles. The fourth-order valence-electron chi connectivity index (χ4n) is 3.93. The molecule has 1 amide bonds. The van der Waals surface area contributed by atoms with Gasteiger partial charge in [0.1, 0.15) is 11.1 Å². The normalized spacial score (nSPS) is 11.3. The minimum absolute atomic E-state index is 0.104. The van der Waals surface area contributed by atoms with E-state index in [-0.39, 0.29) is 22.8 Å². The lowest BCUT2D eigenvalue weighted by molar-refractivity contribution is -0.113. The summed E-state index contributed by atoms with van der Waals surface area (Å²) in [5.74, 6) is -0.0612. The van der Waals surface area contributed by atoms with Crippen molar-refractivity contribution in [3.8, 4) is 5.69 Å². The summed E-state index contributed by atoms with van der Waals surface area (Å²) in [6.07, 6.45) is 0. The summed E-state index contributed by atoms with van der Waals surface area (Å²) in [6.45, 7) is 5.88. The van der Waals surface area contributed by atoms with Gasteiger partial charge < -0.3 is 9.73 Å². The summed E-state index contributed by atoms with van der Waals surface area (Å²) in [5.41, 5.74) is 5.48. The SMILES string of the molecule is Cc1ccc(C)c(NC(=O)CSc2nc3c(oc4ccccc43)c(=O)n2-c2ccccc2C)c1. The highest BCUT2D eigenvalue weighted by Gasteiger charge is 2.20. The Morgan fingerprint density at radius 1 is 1.00 bits per heavy atom. The number of para-hydroxylation sites is 2. The van der Waals surface area contributed by atoms with Crippen LogP contribution in [0, 0.1) is 20.8 Å². The summed E-state index contributed by atoms with van der Waals surface area (Å²) < 4.78 is 7.42. The molecule has 6 nitrogen and oxygen atoms in total. The number of benzene rings is 3. The van der Waals surface area contributed by atoms with Gasteiger partial charge in [0.05, 0.1) is 11.4 Å². The van der Waals surface area contributed by atoms with Crippen molar-refractivity contribution in [1.29, 1.82) is 0 Å². The third-order valence-corrected chi connectivity index (χ3v) is 6.66. The van der Waals surface area contributed by atoms with E-state index in [1.54, 1.807) is 0 Å². The Kier molecular flexibility index (Phi) is 5.71. The van der Waals surface area contributed by atoms with E-state index >= 15 is 0 Å². The monoisotopic (exact) mass is 469 g/mol. The average molecular weight is 470 g/mol. The number of aryl methyl sites for hydroxylation is 3. The second-order valence-corrected chi connectivity index (χ2v) is 9.20. The Morgan fingerprint density at radius 3 is 2.59 bits per heavy atom.